The normalized spacial score (nSPS) is 20.7. The molecule has 2 nitrogen and oxygen atoms in total. The average molecular weight is 268 g/mol. The van der Waals surface area contributed by atoms with E-state index in [2.05, 4.69) is 25.1 Å². The Balaban J connectivity index is 1.70. The molecule has 0 radical (unpaired) electrons. The van der Waals surface area contributed by atoms with Crippen molar-refractivity contribution in [1.29, 1.82) is 0 Å². The van der Waals surface area contributed by atoms with Crippen molar-refractivity contribution >= 4 is 0 Å². The second-order valence-corrected chi connectivity index (χ2v) is 5.40. The first-order valence-corrected chi connectivity index (χ1v) is 7.29. The number of ether oxygens (including phenoxy) is 1. The van der Waals surface area contributed by atoms with Crippen LogP contribution in [0.15, 0.2) is 48.5 Å². The smallest absolute Gasteiger partial charge is 0.133 e. The van der Waals surface area contributed by atoms with E-state index in [-0.39, 0.29) is 6.10 Å². The minimum Gasteiger partial charge on any atom is -0.487 e. The highest BCUT2D eigenvalue weighted by Gasteiger charge is 2.32. The highest BCUT2D eigenvalue weighted by molar-refractivity contribution is 5.36. The van der Waals surface area contributed by atoms with E-state index in [1.807, 2.05) is 30.3 Å². The maximum Gasteiger partial charge on any atom is 0.133 e. The first-order chi connectivity index (χ1) is 9.78. The second kappa shape index (κ2) is 5.68. The lowest BCUT2D eigenvalue weighted by Gasteiger charge is -2.17. The SMILES string of the molecule is CCCc1ccc(OC2Cc3ccccc3C2O)cc1. The van der Waals surface area contributed by atoms with Crippen molar-refractivity contribution in [2.24, 2.45) is 0 Å². The summed E-state index contributed by atoms with van der Waals surface area (Å²) in [6.07, 6.45) is 2.31. The molecule has 1 aliphatic rings. The molecule has 1 aliphatic carbocycles. The van der Waals surface area contributed by atoms with Gasteiger partial charge < -0.3 is 9.84 Å². The molecule has 0 spiro atoms. The maximum absolute atomic E-state index is 10.3. The molecule has 0 bridgehead atoms. The highest BCUT2D eigenvalue weighted by Crippen LogP contribution is 2.33. The van der Waals surface area contributed by atoms with Crippen LogP contribution in [0, 0.1) is 0 Å². The molecule has 0 saturated carbocycles. The zero-order valence-electron chi connectivity index (χ0n) is 11.8. The van der Waals surface area contributed by atoms with Crippen LogP contribution in [-0.2, 0) is 12.8 Å². The van der Waals surface area contributed by atoms with Gasteiger partial charge in [-0.05, 0) is 35.2 Å². The van der Waals surface area contributed by atoms with Gasteiger partial charge in [0.2, 0.25) is 0 Å². The van der Waals surface area contributed by atoms with Crippen LogP contribution in [0.25, 0.3) is 0 Å². The van der Waals surface area contributed by atoms with Crippen LogP contribution in [0.4, 0.5) is 0 Å². The van der Waals surface area contributed by atoms with Crippen LogP contribution in [0.5, 0.6) is 5.75 Å². The van der Waals surface area contributed by atoms with E-state index in [0.717, 1.165) is 30.6 Å². The molecule has 3 rings (SSSR count). The molecule has 2 atom stereocenters. The first kappa shape index (κ1) is 13.2. The largest absolute Gasteiger partial charge is 0.487 e. The van der Waals surface area contributed by atoms with Gasteiger partial charge in [-0.3, -0.25) is 0 Å². The van der Waals surface area contributed by atoms with Gasteiger partial charge in [-0.15, -0.1) is 0 Å². The zero-order valence-corrected chi connectivity index (χ0v) is 11.8. The van der Waals surface area contributed by atoms with Crippen LogP contribution in [0.3, 0.4) is 0 Å². The summed E-state index contributed by atoms with van der Waals surface area (Å²) < 4.78 is 5.95. The van der Waals surface area contributed by atoms with E-state index >= 15 is 0 Å². The number of benzene rings is 2. The van der Waals surface area contributed by atoms with Gasteiger partial charge in [-0.2, -0.15) is 0 Å². The Bertz CT molecular complexity index is 574. The molecule has 2 aromatic rings. The molecule has 1 N–H and O–H groups in total. The van der Waals surface area contributed by atoms with Gasteiger partial charge >= 0.3 is 0 Å². The van der Waals surface area contributed by atoms with Gasteiger partial charge in [-0.25, -0.2) is 0 Å². The molecule has 2 aromatic carbocycles. The van der Waals surface area contributed by atoms with Crippen molar-refractivity contribution in [3.05, 3.63) is 65.2 Å². The van der Waals surface area contributed by atoms with Gasteiger partial charge in [0.25, 0.3) is 0 Å². The summed E-state index contributed by atoms with van der Waals surface area (Å²) in [4.78, 5) is 0. The van der Waals surface area contributed by atoms with Gasteiger partial charge in [0, 0.05) is 6.42 Å². The van der Waals surface area contributed by atoms with Crippen molar-refractivity contribution < 1.29 is 9.84 Å². The Labute approximate surface area is 120 Å². The number of aliphatic hydroxyl groups is 1. The number of fused-ring (bicyclic) bond motifs is 1. The van der Waals surface area contributed by atoms with Crippen molar-refractivity contribution in [2.45, 2.75) is 38.4 Å². The molecule has 0 amide bonds. The predicted molar refractivity (Wildman–Crippen MR) is 80.0 cm³/mol. The molecule has 0 saturated heterocycles. The van der Waals surface area contributed by atoms with Gasteiger partial charge in [-0.1, -0.05) is 49.7 Å². The molecular weight excluding hydrogens is 248 g/mol. The summed E-state index contributed by atoms with van der Waals surface area (Å²) >= 11 is 0. The molecule has 2 heteroatoms. The predicted octanol–water partition coefficient (Wildman–Crippen LogP) is 3.68. The van der Waals surface area contributed by atoms with Crippen LogP contribution in [0.2, 0.25) is 0 Å². The molecule has 0 aromatic heterocycles. The first-order valence-electron chi connectivity index (χ1n) is 7.29. The van der Waals surface area contributed by atoms with E-state index < -0.39 is 6.10 Å². The lowest BCUT2D eigenvalue weighted by atomic mass is 10.1. The van der Waals surface area contributed by atoms with Crippen LogP contribution in [-0.4, -0.2) is 11.2 Å². The summed E-state index contributed by atoms with van der Waals surface area (Å²) in [6, 6.07) is 16.2. The third-order valence-corrected chi connectivity index (χ3v) is 3.90. The van der Waals surface area contributed by atoms with E-state index in [1.54, 1.807) is 0 Å². The van der Waals surface area contributed by atoms with E-state index in [4.69, 9.17) is 4.74 Å². The van der Waals surface area contributed by atoms with Crippen LogP contribution >= 0.6 is 0 Å². The lowest BCUT2D eigenvalue weighted by Crippen LogP contribution is -2.21. The van der Waals surface area contributed by atoms with Gasteiger partial charge in [0.05, 0.1) is 0 Å². The van der Waals surface area contributed by atoms with Crippen molar-refractivity contribution in [3.63, 3.8) is 0 Å². The van der Waals surface area contributed by atoms with Crippen molar-refractivity contribution in [1.82, 2.24) is 0 Å². The third-order valence-electron chi connectivity index (χ3n) is 3.90. The number of rotatable bonds is 4. The maximum atomic E-state index is 10.3. The Morgan fingerprint density at radius 1 is 1.10 bits per heavy atom. The van der Waals surface area contributed by atoms with Crippen LogP contribution < -0.4 is 4.74 Å². The molecule has 0 aliphatic heterocycles. The number of aryl methyl sites for hydroxylation is 1. The summed E-state index contributed by atoms with van der Waals surface area (Å²) in [7, 11) is 0. The van der Waals surface area contributed by atoms with E-state index in [1.165, 1.54) is 11.1 Å². The fourth-order valence-corrected chi connectivity index (χ4v) is 2.84. The van der Waals surface area contributed by atoms with E-state index in [9.17, 15) is 5.11 Å². The molecule has 104 valence electrons. The molecule has 0 heterocycles. The Hall–Kier alpha value is -1.80. The Morgan fingerprint density at radius 3 is 2.55 bits per heavy atom. The summed E-state index contributed by atoms with van der Waals surface area (Å²) in [5, 5.41) is 10.3. The summed E-state index contributed by atoms with van der Waals surface area (Å²) in [5.41, 5.74) is 3.52. The highest BCUT2D eigenvalue weighted by atomic mass is 16.5. The monoisotopic (exact) mass is 268 g/mol. The topological polar surface area (TPSA) is 29.5 Å². The lowest BCUT2D eigenvalue weighted by molar-refractivity contribution is 0.0494. The van der Waals surface area contributed by atoms with Gasteiger partial charge in [0.1, 0.15) is 18.0 Å². The minimum atomic E-state index is -0.526. The third kappa shape index (κ3) is 2.56. The second-order valence-electron chi connectivity index (χ2n) is 5.40. The summed E-state index contributed by atoms with van der Waals surface area (Å²) in [6.45, 7) is 2.18. The molecular formula is C18H20O2. The molecule has 20 heavy (non-hydrogen) atoms. The molecule has 2 unspecified atom stereocenters. The Morgan fingerprint density at radius 2 is 1.85 bits per heavy atom. The quantitative estimate of drug-likeness (QED) is 0.916. The minimum absolute atomic E-state index is 0.176. The van der Waals surface area contributed by atoms with Crippen molar-refractivity contribution in [2.75, 3.05) is 0 Å². The standard InChI is InChI=1S/C18H20O2/c1-2-5-13-8-10-15(11-9-13)20-17-12-14-6-3-4-7-16(14)18(17)19/h3-4,6-11,17-19H,2,5,12H2,1H3. The zero-order chi connectivity index (χ0) is 13.9. The van der Waals surface area contributed by atoms with Crippen LogP contribution in [0.1, 0.15) is 36.1 Å². The average Bonchev–Trinajstić information content (AvgIpc) is 2.79. The number of aliphatic hydroxyl groups excluding tert-OH is 1. The molecule has 0 fully saturated rings. The van der Waals surface area contributed by atoms with Crippen molar-refractivity contribution in [3.8, 4) is 5.75 Å². The fraction of sp³-hybridized carbons (Fsp3) is 0.333. The van der Waals surface area contributed by atoms with E-state index in [0.29, 0.717) is 0 Å². The van der Waals surface area contributed by atoms with Gasteiger partial charge in [0.15, 0.2) is 0 Å². The fourth-order valence-electron chi connectivity index (χ4n) is 2.84. The number of hydrogen-bond donors (Lipinski definition) is 1. The Kier molecular flexibility index (Phi) is 3.75. The number of hydrogen-bond acceptors (Lipinski definition) is 2. The summed E-state index contributed by atoms with van der Waals surface area (Å²) in [5.74, 6) is 0.835.